The van der Waals surface area contributed by atoms with Gasteiger partial charge in [-0.15, -0.1) is 0 Å². The largest absolute Gasteiger partial charge is 0.496 e. The molecule has 0 bridgehead atoms. The maximum atomic E-state index is 14.1. The summed E-state index contributed by atoms with van der Waals surface area (Å²) in [4.78, 5) is 12.4. The van der Waals surface area contributed by atoms with E-state index in [-0.39, 0.29) is 23.5 Å². The molecule has 0 aromatic heterocycles. The van der Waals surface area contributed by atoms with Crippen molar-refractivity contribution in [2.24, 2.45) is 0 Å². The van der Waals surface area contributed by atoms with Crippen LogP contribution in [0.5, 0.6) is 11.5 Å². The third kappa shape index (κ3) is 3.34. The van der Waals surface area contributed by atoms with Gasteiger partial charge in [0.15, 0.2) is 17.3 Å². The number of benzene rings is 2. The first-order valence-corrected chi connectivity index (χ1v) is 6.62. The molecule has 0 spiro atoms. The summed E-state index contributed by atoms with van der Waals surface area (Å²) in [7, 11) is 2.84. The Bertz CT molecular complexity index is 671. The lowest BCUT2D eigenvalue weighted by Crippen LogP contribution is -2.07. The van der Waals surface area contributed by atoms with Crippen LogP contribution in [0.4, 0.5) is 4.39 Å². The van der Waals surface area contributed by atoms with Crippen molar-refractivity contribution in [2.45, 2.75) is 6.42 Å². The molecule has 0 aliphatic heterocycles. The summed E-state index contributed by atoms with van der Waals surface area (Å²) in [6.45, 7) is 0. The minimum atomic E-state index is -0.533. The molecule has 0 heterocycles. The fraction of sp³-hybridized carbons (Fsp3) is 0.188. The van der Waals surface area contributed by atoms with Gasteiger partial charge in [-0.05, 0) is 29.8 Å². The quantitative estimate of drug-likeness (QED) is 0.785. The molecule has 0 aliphatic rings. The van der Waals surface area contributed by atoms with Crippen LogP contribution in [0.15, 0.2) is 36.4 Å². The van der Waals surface area contributed by atoms with Crippen molar-refractivity contribution in [1.82, 2.24) is 0 Å². The van der Waals surface area contributed by atoms with Crippen LogP contribution in [-0.2, 0) is 6.42 Å². The third-order valence-corrected chi connectivity index (χ3v) is 3.31. The highest BCUT2D eigenvalue weighted by Gasteiger charge is 2.17. The number of carbonyl (C=O) groups excluding carboxylic acids is 1. The Labute approximate surface area is 127 Å². The van der Waals surface area contributed by atoms with Crippen molar-refractivity contribution < 1.29 is 18.7 Å². The highest BCUT2D eigenvalue weighted by atomic mass is 35.5. The van der Waals surface area contributed by atoms with Gasteiger partial charge in [-0.1, -0.05) is 23.7 Å². The van der Waals surface area contributed by atoms with Gasteiger partial charge >= 0.3 is 0 Å². The minimum Gasteiger partial charge on any atom is -0.496 e. The van der Waals surface area contributed by atoms with Crippen LogP contribution in [0.2, 0.25) is 5.02 Å². The molecule has 0 fully saturated rings. The summed E-state index contributed by atoms with van der Waals surface area (Å²) >= 11 is 5.90. The van der Waals surface area contributed by atoms with Gasteiger partial charge in [0.1, 0.15) is 5.75 Å². The predicted molar refractivity (Wildman–Crippen MR) is 79.0 cm³/mol. The molecule has 0 unspecified atom stereocenters. The Kier molecular flexibility index (Phi) is 4.81. The van der Waals surface area contributed by atoms with Crippen molar-refractivity contribution in [2.75, 3.05) is 14.2 Å². The molecule has 0 radical (unpaired) electrons. The summed E-state index contributed by atoms with van der Waals surface area (Å²) < 4.78 is 24.1. The second kappa shape index (κ2) is 6.59. The minimum absolute atomic E-state index is 0.0975. The molecule has 0 N–H and O–H groups in total. The first kappa shape index (κ1) is 15.3. The first-order chi connectivity index (χ1) is 10.1. The lowest BCUT2D eigenvalue weighted by molar-refractivity contribution is 0.0989. The number of hydrogen-bond acceptors (Lipinski definition) is 3. The fourth-order valence-electron chi connectivity index (χ4n) is 2.02. The molecule has 21 heavy (non-hydrogen) atoms. The third-order valence-electron chi connectivity index (χ3n) is 3.08. The van der Waals surface area contributed by atoms with Crippen LogP contribution in [0.1, 0.15) is 15.9 Å². The standard InChI is InChI=1S/C16H14ClFO3/c1-20-14-7-6-11(17)9-12(14)13(19)8-10-4-3-5-15(21-2)16(10)18/h3-7,9H,8H2,1-2H3. The van der Waals surface area contributed by atoms with Crippen molar-refractivity contribution in [3.05, 3.63) is 58.4 Å². The molecular weight excluding hydrogens is 295 g/mol. The van der Waals surface area contributed by atoms with Crippen molar-refractivity contribution in [3.8, 4) is 11.5 Å². The van der Waals surface area contributed by atoms with E-state index in [2.05, 4.69) is 0 Å². The Morgan fingerprint density at radius 1 is 1.14 bits per heavy atom. The van der Waals surface area contributed by atoms with Crippen molar-refractivity contribution >= 4 is 17.4 Å². The topological polar surface area (TPSA) is 35.5 Å². The number of carbonyl (C=O) groups is 1. The van der Waals surface area contributed by atoms with Gasteiger partial charge in [0.05, 0.1) is 19.8 Å². The van der Waals surface area contributed by atoms with Gasteiger partial charge in [0.25, 0.3) is 0 Å². The van der Waals surface area contributed by atoms with E-state index in [1.165, 1.54) is 26.4 Å². The van der Waals surface area contributed by atoms with Gasteiger partial charge in [0, 0.05) is 11.4 Å². The maximum absolute atomic E-state index is 14.1. The molecule has 0 aliphatic carbocycles. The summed E-state index contributed by atoms with van der Waals surface area (Å²) in [5.41, 5.74) is 0.591. The van der Waals surface area contributed by atoms with Gasteiger partial charge in [-0.2, -0.15) is 0 Å². The second-order valence-electron chi connectivity index (χ2n) is 4.38. The smallest absolute Gasteiger partial charge is 0.171 e. The van der Waals surface area contributed by atoms with Gasteiger partial charge < -0.3 is 9.47 Å². The number of hydrogen-bond donors (Lipinski definition) is 0. The first-order valence-electron chi connectivity index (χ1n) is 6.25. The Balaban J connectivity index is 2.32. The summed E-state index contributed by atoms with van der Waals surface area (Å²) in [6.07, 6.45) is -0.0975. The molecule has 2 aromatic carbocycles. The van der Waals surface area contributed by atoms with E-state index in [1.54, 1.807) is 24.3 Å². The normalized spacial score (nSPS) is 10.3. The number of ether oxygens (including phenoxy) is 2. The number of Topliss-reactive ketones (excluding diaryl/α,β-unsaturated/α-hetero) is 1. The zero-order chi connectivity index (χ0) is 15.4. The van der Waals surface area contributed by atoms with E-state index in [0.29, 0.717) is 16.3 Å². The van der Waals surface area contributed by atoms with Gasteiger partial charge in [-0.3, -0.25) is 4.79 Å². The van der Waals surface area contributed by atoms with Crippen molar-refractivity contribution in [1.29, 1.82) is 0 Å². The lowest BCUT2D eigenvalue weighted by atomic mass is 10.0. The molecule has 0 saturated carbocycles. The van der Waals surface area contributed by atoms with Crippen LogP contribution in [-0.4, -0.2) is 20.0 Å². The van der Waals surface area contributed by atoms with Crippen LogP contribution >= 0.6 is 11.6 Å². The molecule has 5 heteroatoms. The lowest BCUT2D eigenvalue weighted by Gasteiger charge is -2.10. The van der Waals surface area contributed by atoms with E-state index in [9.17, 15) is 9.18 Å². The van der Waals surface area contributed by atoms with Crippen LogP contribution in [0, 0.1) is 5.82 Å². The predicted octanol–water partition coefficient (Wildman–Crippen LogP) is 3.92. The maximum Gasteiger partial charge on any atom is 0.171 e. The van der Waals surface area contributed by atoms with Gasteiger partial charge in [-0.25, -0.2) is 4.39 Å². The summed E-state index contributed by atoms with van der Waals surface area (Å²) in [5.74, 6) is -0.290. The molecular formula is C16H14ClFO3. The monoisotopic (exact) mass is 308 g/mol. The zero-order valence-electron chi connectivity index (χ0n) is 11.7. The van der Waals surface area contributed by atoms with Gasteiger partial charge in [0.2, 0.25) is 0 Å². The van der Waals surface area contributed by atoms with Crippen molar-refractivity contribution in [3.63, 3.8) is 0 Å². The van der Waals surface area contributed by atoms with Crippen LogP contribution in [0.3, 0.4) is 0 Å². The van der Waals surface area contributed by atoms with Crippen LogP contribution < -0.4 is 9.47 Å². The molecule has 2 aromatic rings. The molecule has 0 amide bonds. The number of ketones is 1. The number of methoxy groups -OCH3 is 2. The van der Waals surface area contributed by atoms with E-state index in [4.69, 9.17) is 21.1 Å². The molecule has 3 nitrogen and oxygen atoms in total. The fourth-order valence-corrected chi connectivity index (χ4v) is 2.19. The van der Waals surface area contributed by atoms with E-state index < -0.39 is 5.82 Å². The van der Waals surface area contributed by atoms with E-state index in [0.717, 1.165) is 0 Å². The molecule has 0 saturated heterocycles. The number of halogens is 2. The highest BCUT2D eigenvalue weighted by molar-refractivity contribution is 6.31. The summed E-state index contributed by atoms with van der Waals surface area (Å²) in [5, 5.41) is 0.422. The second-order valence-corrected chi connectivity index (χ2v) is 4.81. The summed E-state index contributed by atoms with van der Waals surface area (Å²) in [6, 6.07) is 9.44. The zero-order valence-corrected chi connectivity index (χ0v) is 12.4. The molecule has 2 rings (SSSR count). The number of rotatable bonds is 5. The van der Waals surface area contributed by atoms with E-state index >= 15 is 0 Å². The highest BCUT2D eigenvalue weighted by Crippen LogP contribution is 2.26. The Morgan fingerprint density at radius 2 is 1.86 bits per heavy atom. The Hall–Kier alpha value is -2.07. The van der Waals surface area contributed by atoms with E-state index in [1.807, 2.05) is 0 Å². The molecule has 110 valence electrons. The SMILES string of the molecule is COc1ccc(Cl)cc1C(=O)Cc1cccc(OC)c1F. The average molecular weight is 309 g/mol. The average Bonchev–Trinajstić information content (AvgIpc) is 2.49. The molecule has 0 atom stereocenters. The van der Waals surface area contributed by atoms with Crippen LogP contribution in [0.25, 0.3) is 0 Å². The Morgan fingerprint density at radius 3 is 2.52 bits per heavy atom.